The molecule has 0 atom stereocenters. The second-order valence-corrected chi connectivity index (χ2v) is 31.3. The van der Waals surface area contributed by atoms with E-state index in [1.807, 2.05) is 320 Å². The lowest BCUT2D eigenvalue weighted by Gasteiger charge is -2.01. The van der Waals surface area contributed by atoms with Crippen molar-refractivity contribution in [3.8, 4) is 0 Å². The van der Waals surface area contributed by atoms with Gasteiger partial charge in [0.2, 0.25) is 0 Å². The number of nitrogens with zero attached hydrogens (tertiary/aromatic N) is 15. The zero-order valence-corrected chi connectivity index (χ0v) is 98.9. The summed E-state index contributed by atoms with van der Waals surface area (Å²) in [6.07, 6.45) is 34.9. The normalized spacial score (nSPS) is 8.86. The summed E-state index contributed by atoms with van der Waals surface area (Å²) in [6.45, 7) is 107. The van der Waals surface area contributed by atoms with Gasteiger partial charge in [-0.3, -0.25) is 40.0 Å². The van der Waals surface area contributed by atoms with Gasteiger partial charge in [0.25, 0.3) is 0 Å². The molecule has 13 aromatic heterocycles. The molecule has 1 N–H and O–H groups in total. The van der Waals surface area contributed by atoms with Crippen LogP contribution >= 0.6 is 34.0 Å². The fourth-order valence-electron chi connectivity index (χ4n) is 7.78. The van der Waals surface area contributed by atoms with E-state index in [2.05, 4.69) is 258 Å². The highest BCUT2D eigenvalue weighted by Crippen LogP contribution is 2.20. The summed E-state index contributed by atoms with van der Waals surface area (Å²) in [7, 11) is 0. The minimum Gasteiger partial charge on any atom is -0.451 e. The summed E-state index contributed by atoms with van der Waals surface area (Å²) in [5, 5.41) is 12.0. The van der Waals surface area contributed by atoms with E-state index in [1.54, 1.807) is 102 Å². The molecule has 22 heteroatoms. The molecule has 19 nitrogen and oxygen atoms in total. The highest BCUT2D eigenvalue weighted by molar-refractivity contribution is 7.10. The molecule has 0 saturated carbocycles. The Kier molecular flexibility index (Phi) is 138. The zero-order valence-electron chi connectivity index (χ0n) is 96.4. The number of H-pyrrole nitrogens is 1. The Bertz CT molecular complexity index is 3270. The molecule has 0 bridgehead atoms. The smallest absolute Gasteiger partial charge is 0.196 e. The Hall–Kier alpha value is -9.51. The van der Waals surface area contributed by atoms with E-state index in [4.69, 9.17) is 13.3 Å². The maximum atomic E-state index is 4.98. The van der Waals surface area contributed by atoms with Crippen LogP contribution in [0.1, 0.15) is 510 Å². The summed E-state index contributed by atoms with van der Waals surface area (Å²) in [6, 6.07) is 24.0. The van der Waals surface area contributed by atoms with Gasteiger partial charge >= 0.3 is 0 Å². The number of thiazole rings is 3. The first kappa shape index (κ1) is 155. The molecule has 0 spiro atoms. The number of hydrogen-bond donors (Lipinski definition) is 1. The SMILES string of the molecule is CC.CC.CC.CC.CC.CC.CC.CC.CC.CC.CC.CC.CC.CC(C)c1ccccn1.CC(C)c1ccccn1.CC(C)c1cccnc1.CC(C)c1ccn[nH]1.CC(C)c1ccncc1.CC(C)c1cnccn1.CC(C)c1cnco1.CC(C)c1cncs1.CC(C)c1cocn1.CC(C)c1cscn1.CC(C)c1ncccn1.CC(C)c1ncco1.CC(C)c1nccs1. The standard InChI is InChI=1S/4C8H11N.2C7H10N2.C6H10N2.3C6H9NO.3C6H9NS.13C2H6/c1-7(2)8-3-5-9-6-4-8;1-7(2)8-4-3-5-9-6-8;2*1-7(2)8-5-3-4-6-9-8;1-6(2)7-5-8-3-4-9-7;1-6(2)7-8-4-3-5-9-7;1-5(2)6-3-4-7-8-6;1-5(2)6-3-8-4-7-6;1-5(2)6-3-7-4-8-6;1-5(2)6-7-3-4-8-6;1-5(2)6-3-8-4-7-6;1-5(2)6-3-7-4-8-6;1-5(2)6-7-3-4-8-6;13*1-2/h4*3-7H,1-2H3;2*3-6H,1-2H3;3-5H,1-2H3,(H,7,8);6*3-5H,1-2H3;13*1-2H3. The zero-order chi connectivity index (χ0) is 108. The molecule has 136 heavy (non-hydrogen) atoms. The second kappa shape index (κ2) is 122. The first-order chi connectivity index (χ1) is 65.5. The van der Waals surface area contributed by atoms with Gasteiger partial charge in [-0.05, 0) is 119 Å². The van der Waals surface area contributed by atoms with Crippen molar-refractivity contribution in [1.82, 2.24) is 80.0 Å². The third-order valence-electron chi connectivity index (χ3n) is 14.7. The Morgan fingerprint density at radius 3 is 0.971 bits per heavy atom. The molecule has 13 heterocycles. The minimum absolute atomic E-state index is 0.407. The quantitative estimate of drug-likeness (QED) is 0.113. The average Bonchev–Trinajstić information content (AvgIpc) is 1.55. The van der Waals surface area contributed by atoms with Crippen LogP contribution in [0.15, 0.2) is 232 Å². The molecule has 0 fully saturated rings. The van der Waals surface area contributed by atoms with Gasteiger partial charge in [-0.1, -0.05) is 378 Å². The molecular formula is C114H206N16O3S3. The second-order valence-electron chi connectivity index (χ2n) is 28.7. The van der Waals surface area contributed by atoms with E-state index in [1.165, 1.54) is 45.2 Å². The number of aromatic nitrogens is 16. The van der Waals surface area contributed by atoms with Crippen molar-refractivity contribution in [2.75, 3.05) is 0 Å². The fourth-order valence-corrected chi connectivity index (χ4v) is 9.79. The molecule has 0 saturated heterocycles. The van der Waals surface area contributed by atoms with Gasteiger partial charge in [-0.2, -0.15) is 5.10 Å². The molecule has 0 aromatic carbocycles. The predicted octanol–water partition coefficient (Wildman–Crippen LogP) is 39.1. The molecule has 0 unspecified atom stereocenters. The average molecular weight is 1950 g/mol. The minimum atomic E-state index is 0.407. The van der Waals surface area contributed by atoms with Crippen molar-refractivity contribution in [2.45, 2.75) is 437 Å². The van der Waals surface area contributed by atoms with E-state index in [-0.39, 0.29) is 0 Å². The lowest BCUT2D eigenvalue weighted by Crippen LogP contribution is -1.93. The van der Waals surface area contributed by atoms with Crippen LogP contribution in [0, 0.1) is 0 Å². The predicted molar refractivity (Wildman–Crippen MR) is 606 cm³/mol. The molecule has 0 radical (unpaired) electrons. The van der Waals surface area contributed by atoms with Crippen molar-refractivity contribution in [1.29, 1.82) is 0 Å². The number of hydrogen-bond acceptors (Lipinski definition) is 21. The van der Waals surface area contributed by atoms with Gasteiger partial charge in [-0.25, -0.2) is 34.9 Å². The Morgan fingerprint density at radius 1 is 0.272 bits per heavy atom. The molecule has 0 aliphatic rings. The molecule has 0 amide bonds. The van der Waals surface area contributed by atoms with Crippen molar-refractivity contribution in [2.24, 2.45) is 0 Å². The van der Waals surface area contributed by atoms with Crippen molar-refractivity contribution in [3.05, 3.63) is 292 Å². The van der Waals surface area contributed by atoms with Crippen LogP contribution in [0.3, 0.4) is 0 Å². The Balaban J connectivity index is -0.000000107. The van der Waals surface area contributed by atoms with Crippen LogP contribution in [0.5, 0.6) is 0 Å². The first-order valence-corrected chi connectivity index (χ1v) is 53.6. The van der Waals surface area contributed by atoms with E-state index < -0.39 is 0 Å². The lowest BCUT2D eigenvalue weighted by molar-refractivity contribution is 0.471. The molecule has 13 aromatic rings. The third-order valence-corrected chi connectivity index (χ3v) is 17.5. The molecule has 0 aliphatic carbocycles. The summed E-state index contributed by atoms with van der Waals surface area (Å²) in [4.78, 5) is 57.8. The summed E-state index contributed by atoms with van der Waals surface area (Å²) in [5.74, 6) is 9.63. The Labute approximate surface area is 850 Å². The molecule has 0 aliphatic heterocycles. The molecule has 778 valence electrons. The van der Waals surface area contributed by atoms with Crippen LogP contribution in [-0.2, 0) is 0 Å². The summed E-state index contributed by atoms with van der Waals surface area (Å²) in [5.41, 5.74) is 13.2. The monoisotopic (exact) mass is 1940 g/mol. The summed E-state index contributed by atoms with van der Waals surface area (Å²) >= 11 is 5.10. The number of aromatic amines is 1. The number of rotatable bonds is 13. The highest BCUT2D eigenvalue weighted by Gasteiger charge is 2.05. The molecule has 13 rings (SSSR count). The maximum Gasteiger partial charge on any atom is 0.196 e. The van der Waals surface area contributed by atoms with Crippen molar-refractivity contribution in [3.63, 3.8) is 0 Å². The van der Waals surface area contributed by atoms with Crippen LogP contribution in [0.25, 0.3) is 0 Å². The highest BCUT2D eigenvalue weighted by atomic mass is 32.1. The van der Waals surface area contributed by atoms with Gasteiger partial charge in [-0.15, -0.1) is 34.0 Å². The maximum absolute atomic E-state index is 4.98. The van der Waals surface area contributed by atoms with Gasteiger partial charge in [0.05, 0.1) is 45.5 Å². The number of pyridine rings is 4. The number of nitrogens with one attached hydrogen (secondary N) is 1. The van der Waals surface area contributed by atoms with Crippen molar-refractivity contribution >= 4 is 34.0 Å². The largest absolute Gasteiger partial charge is 0.451 e. The Morgan fingerprint density at radius 2 is 0.757 bits per heavy atom. The van der Waals surface area contributed by atoms with E-state index in [0.717, 1.165) is 40.3 Å². The van der Waals surface area contributed by atoms with Crippen molar-refractivity contribution < 1.29 is 13.3 Å². The van der Waals surface area contributed by atoms with Gasteiger partial charge in [0, 0.05) is 143 Å². The van der Waals surface area contributed by atoms with E-state index in [9.17, 15) is 0 Å². The number of oxazole rings is 3. The topological polar surface area (TPSA) is 249 Å². The fraction of sp³-hybridized carbons (Fsp3) is 0.570. The summed E-state index contributed by atoms with van der Waals surface area (Å²) < 4.78 is 14.7. The van der Waals surface area contributed by atoms with E-state index >= 15 is 0 Å². The van der Waals surface area contributed by atoms with Crippen LogP contribution in [0.2, 0.25) is 0 Å². The molecular weight excluding hydrogens is 1740 g/mol. The van der Waals surface area contributed by atoms with Crippen LogP contribution in [0.4, 0.5) is 0 Å². The van der Waals surface area contributed by atoms with Crippen LogP contribution in [-0.4, -0.2) is 80.0 Å². The lowest BCUT2D eigenvalue weighted by atomic mass is 10.1. The first-order valence-electron chi connectivity index (χ1n) is 50.9. The van der Waals surface area contributed by atoms with Crippen LogP contribution < -0.4 is 0 Å². The van der Waals surface area contributed by atoms with Gasteiger partial charge < -0.3 is 13.3 Å². The van der Waals surface area contributed by atoms with Gasteiger partial charge in [0.1, 0.15) is 24.1 Å². The van der Waals surface area contributed by atoms with Gasteiger partial charge in [0.15, 0.2) is 18.7 Å². The third kappa shape index (κ3) is 97.6. The van der Waals surface area contributed by atoms with E-state index in [0.29, 0.717) is 76.9 Å².